The standard InChI is InChI=1S/C42H23F2N3O2/c43-30-12-18-39-36(22-30)46-42(48-39)29-10-17-38-34(21-29)33-20-28(41-45-35-15-11-31(44)23-40(35)49-41)9-16-37(33)47(38)32-13-7-25(8-14-32)27-6-5-24-3-1-2-4-26(24)19-27/h1-23H. The number of rotatable bonds is 4. The molecule has 0 radical (unpaired) electrons. The van der Waals surface area contributed by atoms with E-state index in [0.29, 0.717) is 34.0 Å². The predicted octanol–water partition coefficient (Wildman–Crippen LogP) is 11.5. The first-order valence-corrected chi connectivity index (χ1v) is 15.8. The number of aromatic nitrogens is 3. The number of fused-ring (bicyclic) bond motifs is 6. The smallest absolute Gasteiger partial charge is 0.227 e. The Morgan fingerprint density at radius 2 is 1.06 bits per heavy atom. The molecule has 3 aromatic heterocycles. The quantitative estimate of drug-likeness (QED) is 0.192. The van der Waals surface area contributed by atoms with Crippen LogP contribution in [0.2, 0.25) is 0 Å². The fraction of sp³-hybridized carbons (Fsp3) is 0. The maximum Gasteiger partial charge on any atom is 0.227 e. The maximum atomic E-state index is 13.9. The van der Waals surface area contributed by atoms with Crippen molar-refractivity contribution in [3.05, 3.63) is 151 Å². The fourth-order valence-corrected chi connectivity index (χ4v) is 6.79. The summed E-state index contributed by atoms with van der Waals surface area (Å²) in [7, 11) is 0. The molecule has 0 aliphatic rings. The summed E-state index contributed by atoms with van der Waals surface area (Å²) < 4.78 is 42.1. The molecule has 0 amide bonds. The van der Waals surface area contributed by atoms with Crippen LogP contribution >= 0.6 is 0 Å². The van der Waals surface area contributed by atoms with E-state index in [2.05, 4.69) is 93.4 Å². The van der Waals surface area contributed by atoms with Crippen LogP contribution in [-0.4, -0.2) is 14.5 Å². The van der Waals surface area contributed by atoms with Crippen molar-refractivity contribution >= 4 is 54.8 Å². The second kappa shape index (κ2) is 10.5. The van der Waals surface area contributed by atoms with Gasteiger partial charge >= 0.3 is 0 Å². The molecule has 3 heterocycles. The normalized spacial score (nSPS) is 11.9. The highest BCUT2D eigenvalue weighted by molar-refractivity contribution is 6.11. The molecule has 0 unspecified atom stereocenters. The van der Waals surface area contributed by atoms with Gasteiger partial charge in [0.05, 0.1) is 11.0 Å². The van der Waals surface area contributed by atoms with Gasteiger partial charge in [-0.25, -0.2) is 18.7 Å². The third kappa shape index (κ3) is 4.51. The zero-order valence-electron chi connectivity index (χ0n) is 25.7. The van der Waals surface area contributed by atoms with Crippen molar-refractivity contribution in [2.24, 2.45) is 0 Å². The molecule has 7 heteroatoms. The lowest BCUT2D eigenvalue weighted by atomic mass is 10.0. The van der Waals surface area contributed by atoms with Crippen LogP contribution in [0.5, 0.6) is 0 Å². The summed E-state index contributed by atoms with van der Waals surface area (Å²) in [6, 6.07) is 44.2. The van der Waals surface area contributed by atoms with E-state index in [4.69, 9.17) is 8.83 Å². The first-order chi connectivity index (χ1) is 24.0. The molecule has 5 nitrogen and oxygen atoms in total. The maximum absolute atomic E-state index is 13.9. The van der Waals surface area contributed by atoms with Crippen LogP contribution in [0.25, 0.3) is 94.5 Å². The van der Waals surface area contributed by atoms with E-state index in [1.807, 2.05) is 24.3 Å². The Kier molecular flexibility index (Phi) is 5.87. The van der Waals surface area contributed by atoms with Crippen LogP contribution in [0, 0.1) is 11.6 Å². The highest BCUT2D eigenvalue weighted by atomic mass is 19.1. The van der Waals surface area contributed by atoms with Gasteiger partial charge < -0.3 is 13.4 Å². The monoisotopic (exact) mass is 639 g/mol. The van der Waals surface area contributed by atoms with Crippen molar-refractivity contribution in [1.29, 1.82) is 0 Å². The topological polar surface area (TPSA) is 57.0 Å². The van der Waals surface area contributed by atoms with Crippen LogP contribution in [0.15, 0.2) is 148 Å². The second-order valence-corrected chi connectivity index (χ2v) is 12.2. The lowest BCUT2D eigenvalue weighted by Gasteiger charge is -2.10. The minimum Gasteiger partial charge on any atom is -0.436 e. The summed E-state index contributed by atoms with van der Waals surface area (Å²) in [4.78, 5) is 9.21. The van der Waals surface area contributed by atoms with Gasteiger partial charge in [0.15, 0.2) is 11.2 Å². The number of nitrogens with zero attached hydrogens (tertiary/aromatic N) is 3. The zero-order chi connectivity index (χ0) is 32.6. The highest BCUT2D eigenvalue weighted by Gasteiger charge is 2.18. The summed E-state index contributed by atoms with van der Waals surface area (Å²) in [6.07, 6.45) is 0. The molecule has 0 aliphatic carbocycles. The van der Waals surface area contributed by atoms with Gasteiger partial charge in [-0.15, -0.1) is 0 Å². The first-order valence-electron chi connectivity index (χ1n) is 15.8. The van der Waals surface area contributed by atoms with Gasteiger partial charge in [0.25, 0.3) is 0 Å². The molecule has 0 spiro atoms. The SMILES string of the molecule is Fc1ccc2oc(-c3ccc4c(c3)c3cc(-c5nc6ccc(F)cc6o5)ccc3n4-c3ccc(-c4ccc5ccccc5c4)cc3)nc2c1. The Balaban J connectivity index is 1.14. The van der Waals surface area contributed by atoms with Crippen molar-refractivity contribution in [2.75, 3.05) is 0 Å². The molecule has 0 aliphatic heterocycles. The lowest BCUT2D eigenvalue weighted by molar-refractivity contribution is 0.602. The average Bonchev–Trinajstić information content (AvgIpc) is 3.84. The van der Waals surface area contributed by atoms with Gasteiger partial charge in [0.2, 0.25) is 11.8 Å². The van der Waals surface area contributed by atoms with Crippen LogP contribution < -0.4 is 0 Å². The molecule has 0 atom stereocenters. The molecule has 0 N–H and O–H groups in total. The van der Waals surface area contributed by atoms with Gasteiger partial charge in [0, 0.05) is 39.7 Å². The highest BCUT2D eigenvalue weighted by Crippen LogP contribution is 2.38. The van der Waals surface area contributed by atoms with Crippen molar-refractivity contribution < 1.29 is 17.6 Å². The molecule has 10 rings (SSSR count). The van der Waals surface area contributed by atoms with Gasteiger partial charge in [-0.05, 0) is 101 Å². The van der Waals surface area contributed by atoms with Gasteiger partial charge in [-0.2, -0.15) is 0 Å². The summed E-state index contributed by atoms with van der Waals surface area (Å²) in [5.74, 6) is 0.0577. The second-order valence-electron chi connectivity index (χ2n) is 12.2. The summed E-state index contributed by atoms with van der Waals surface area (Å²) in [5.41, 5.74) is 8.71. The summed E-state index contributed by atoms with van der Waals surface area (Å²) in [6.45, 7) is 0. The summed E-state index contributed by atoms with van der Waals surface area (Å²) >= 11 is 0. The molecule has 0 fully saturated rings. The number of oxazole rings is 2. The summed E-state index contributed by atoms with van der Waals surface area (Å²) in [5, 5.41) is 4.33. The van der Waals surface area contributed by atoms with Gasteiger partial charge in [-0.1, -0.05) is 48.5 Å². The Labute approximate surface area is 277 Å². The predicted molar refractivity (Wildman–Crippen MR) is 190 cm³/mol. The van der Waals surface area contributed by atoms with E-state index in [-0.39, 0.29) is 11.6 Å². The fourth-order valence-electron chi connectivity index (χ4n) is 6.79. The Morgan fingerprint density at radius 3 is 1.82 bits per heavy atom. The van der Waals surface area contributed by atoms with Crippen molar-refractivity contribution in [2.45, 2.75) is 0 Å². The molecule has 49 heavy (non-hydrogen) atoms. The first kappa shape index (κ1) is 27.5. The Bertz CT molecular complexity index is 2780. The van der Waals surface area contributed by atoms with Crippen LogP contribution in [0.3, 0.4) is 0 Å². The average molecular weight is 640 g/mol. The molecule has 10 aromatic rings. The van der Waals surface area contributed by atoms with E-state index < -0.39 is 0 Å². The van der Waals surface area contributed by atoms with Gasteiger partial charge in [-0.3, -0.25) is 0 Å². The van der Waals surface area contributed by atoms with E-state index >= 15 is 0 Å². The van der Waals surface area contributed by atoms with Crippen LogP contribution in [-0.2, 0) is 0 Å². The molecule has 232 valence electrons. The molecular weight excluding hydrogens is 616 g/mol. The van der Waals surface area contributed by atoms with E-state index in [9.17, 15) is 8.78 Å². The molecular formula is C42H23F2N3O2. The Morgan fingerprint density at radius 1 is 0.449 bits per heavy atom. The van der Waals surface area contributed by atoms with Crippen molar-refractivity contribution in [3.8, 4) is 39.7 Å². The number of benzene rings is 7. The number of halogens is 2. The number of hydrogen-bond donors (Lipinski definition) is 0. The van der Waals surface area contributed by atoms with E-state index in [1.165, 1.54) is 35.0 Å². The van der Waals surface area contributed by atoms with Crippen molar-refractivity contribution in [3.63, 3.8) is 0 Å². The zero-order valence-corrected chi connectivity index (χ0v) is 25.7. The van der Waals surface area contributed by atoms with Crippen LogP contribution in [0.4, 0.5) is 8.78 Å². The molecule has 7 aromatic carbocycles. The molecule has 0 saturated heterocycles. The third-order valence-corrected chi connectivity index (χ3v) is 9.17. The van der Waals surface area contributed by atoms with Crippen LogP contribution in [0.1, 0.15) is 0 Å². The van der Waals surface area contributed by atoms with E-state index in [0.717, 1.165) is 49.7 Å². The lowest BCUT2D eigenvalue weighted by Crippen LogP contribution is -1.94. The molecule has 0 saturated carbocycles. The van der Waals surface area contributed by atoms with Crippen molar-refractivity contribution in [1.82, 2.24) is 14.5 Å². The number of hydrogen-bond acceptors (Lipinski definition) is 4. The van der Waals surface area contributed by atoms with E-state index in [1.54, 1.807) is 12.1 Å². The third-order valence-electron chi connectivity index (χ3n) is 9.17. The minimum atomic E-state index is -0.380. The van der Waals surface area contributed by atoms with Gasteiger partial charge in [0.1, 0.15) is 22.7 Å². The molecule has 0 bridgehead atoms. The largest absolute Gasteiger partial charge is 0.436 e. The Hall–Kier alpha value is -6.60. The minimum absolute atomic E-state index is 0.369.